The minimum Gasteiger partial charge on any atom is -0.497 e. The van der Waals surface area contributed by atoms with Crippen LogP contribution in [0.15, 0.2) is 47.6 Å². The van der Waals surface area contributed by atoms with Gasteiger partial charge in [0.25, 0.3) is 0 Å². The van der Waals surface area contributed by atoms with Crippen molar-refractivity contribution in [3.63, 3.8) is 0 Å². The van der Waals surface area contributed by atoms with Crippen LogP contribution in [0.1, 0.15) is 19.4 Å². The van der Waals surface area contributed by atoms with Crippen LogP contribution < -0.4 is 19.6 Å². The molecule has 0 bridgehead atoms. The number of benzene rings is 2. The third-order valence-corrected chi connectivity index (χ3v) is 3.05. The topological polar surface area (TPSA) is 52.1 Å². The van der Waals surface area contributed by atoms with E-state index in [9.17, 15) is 0 Å². The molecule has 0 saturated heterocycles. The summed E-state index contributed by atoms with van der Waals surface area (Å²) in [5.41, 5.74) is 4.77. The Bertz CT molecular complexity index is 652. The number of hydrogen-bond acceptors (Lipinski definition) is 5. The zero-order chi connectivity index (χ0) is 16.7. The van der Waals surface area contributed by atoms with Gasteiger partial charge in [-0.05, 0) is 61.9 Å². The fourth-order valence-electron chi connectivity index (χ4n) is 1.96. The van der Waals surface area contributed by atoms with Gasteiger partial charge in [-0.1, -0.05) is 0 Å². The summed E-state index contributed by atoms with van der Waals surface area (Å²) in [5, 5.41) is 4.22. The molecule has 0 amide bonds. The van der Waals surface area contributed by atoms with Crippen molar-refractivity contribution in [2.24, 2.45) is 5.10 Å². The Morgan fingerprint density at radius 1 is 0.957 bits per heavy atom. The number of nitrogens with zero attached hydrogens (tertiary/aromatic N) is 1. The van der Waals surface area contributed by atoms with Crippen LogP contribution in [-0.2, 0) is 0 Å². The number of methoxy groups -OCH3 is 2. The molecule has 0 heterocycles. The van der Waals surface area contributed by atoms with Gasteiger partial charge in [-0.2, -0.15) is 5.10 Å². The second-order valence-electron chi connectivity index (χ2n) is 5.18. The summed E-state index contributed by atoms with van der Waals surface area (Å²) in [5.74, 6) is 2.22. The van der Waals surface area contributed by atoms with Crippen LogP contribution in [0.25, 0.3) is 0 Å². The summed E-state index contributed by atoms with van der Waals surface area (Å²) in [4.78, 5) is 0. The maximum Gasteiger partial charge on any atom is 0.161 e. The average Bonchev–Trinajstić information content (AvgIpc) is 2.56. The Morgan fingerprint density at radius 3 is 2.30 bits per heavy atom. The highest BCUT2D eigenvalue weighted by Gasteiger charge is 2.06. The van der Waals surface area contributed by atoms with Gasteiger partial charge in [0.1, 0.15) is 5.75 Å². The van der Waals surface area contributed by atoms with Crippen LogP contribution in [0.4, 0.5) is 5.69 Å². The van der Waals surface area contributed by atoms with Crippen molar-refractivity contribution in [2.75, 3.05) is 19.6 Å². The fourth-order valence-corrected chi connectivity index (χ4v) is 1.96. The van der Waals surface area contributed by atoms with Crippen LogP contribution in [0.5, 0.6) is 17.2 Å². The van der Waals surface area contributed by atoms with Crippen molar-refractivity contribution in [2.45, 2.75) is 20.0 Å². The highest BCUT2D eigenvalue weighted by Crippen LogP contribution is 2.28. The number of anilines is 1. The van der Waals surface area contributed by atoms with Gasteiger partial charge in [0, 0.05) is 0 Å². The van der Waals surface area contributed by atoms with Gasteiger partial charge in [0.2, 0.25) is 0 Å². The maximum absolute atomic E-state index is 5.69. The number of hydrazone groups is 1. The van der Waals surface area contributed by atoms with Gasteiger partial charge < -0.3 is 14.2 Å². The van der Waals surface area contributed by atoms with Crippen molar-refractivity contribution in [3.05, 3.63) is 48.0 Å². The van der Waals surface area contributed by atoms with Crippen molar-refractivity contribution in [1.29, 1.82) is 0 Å². The van der Waals surface area contributed by atoms with E-state index in [0.29, 0.717) is 5.75 Å². The van der Waals surface area contributed by atoms with E-state index >= 15 is 0 Å². The second kappa shape index (κ2) is 8.08. The van der Waals surface area contributed by atoms with E-state index in [1.807, 2.05) is 56.3 Å². The molecule has 2 aromatic carbocycles. The number of hydrogen-bond donors (Lipinski definition) is 1. The lowest BCUT2D eigenvalue weighted by Gasteiger charge is -2.13. The van der Waals surface area contributed by atoms with Crippen molar-refractivity contribution in [1.82, 2.24) is 0 Å². The molecule has 0 spiro atoms. The van der Waals surface area contributed by atoms with Gasteiger partial charge in [0.05, 0.1) is 32.2 Å². The molecule has 0 aliphatic heterocycles. The minimum atomic E-state index is 0.0974. The fraction of sp³-hybridized carbons (Fsp3) is 0.278. The number of nitrogens with one attached hydrogen (secondary N) is 1. The molecule has 0 radical (unpaired) electrons. The van der Waals surface area contributed by atoms with E-state index in [-0.39, 0.29) is 6.10 Å². The second-order valence-corrected chi connectivity index (χ2v) is 5.18. The highest BCUT2D eigenvalue weighted by molar-refractivity contribution is 5.81. The standard InChI is InChI=1S/C18H22N2O3/c1-13(2)23-17-10-5-14(11-18(17)22-4)12-19-20-15-6-8-16(21-3)9-7-15/h5-13,20H,1-4H3/b19-12+. The first-order valence-electron chi connectivity index (χ1n) is 7.40. The molecular formula is C18H22N2O3. The molecular weight excluding hydrogens is 292 g/mol. The van der Waals surface area contributed by atoms with Crippen LogP contribution in [0.2, 0.25) is 0 Å². The van der Waals surface area contributed by atoms with Crippen LogP contribution in [0.3, 0.4) is 0 Å². The van der Waals surface area contributed by atoms with E-state index in [0.717, 1.165) is 22.7 Å². The summed E-state index contributed by atoms with van der Waals surface area (Å²) in [6.07, 6.45) is 1.83. The zero-order valence-corrected chi connectivity index (χ0v) is 13.9. The summed E-state index contributed by atoms with van der Waals surface area (Å²) < 4.78 is 16.2. The van der Waals surface area contributed by atoms with E-state index in [1.54, 1.807) is 20.4 Å². The van der Waals surface area contributed by atoms with Gasteiger partial charge in [-0.25, -0.2) is 0 Å². The minimum absolute atomic E-state index is 0.0974. The molecule has 0 saturated carbocycles. The Labute approximate surface area is 136 Å². The molecule has 0 aliphatic rings. The number of rotatable bonds is 7. The lowest BCUT2D eigenvalue weighted by atomic mass is 10.2. The first-order valence-corrected chi connectivity index (χ1v) is 7.40. The zero-order valence-electron chi connectivity index (χ0n) is 13.9. The smallest absolute Gasteiger partial charge is 0.161 e. The van der Waals surface area contributed by atoms with Gasteiger partial charge in [-0.3, -0.25) is 5.43 Å². The quantitative estimate of drug-likeness (QED) is 0.621. The molecule has 5 nitrogen and oxygen atoms in total. The first-order chi connectivity index (χ1) is 11.1. The number of ether oxygens (including phenoxy) is 3. The highest BCUT2D eigenvalue weighted by atomic mass is 16.5. The molecule has 1 N–H and O–H groups in total. The molecule has 0 aliphatic carbocycles. The summed E-state index contributed by atoms with van der Waals surface area (Å²) in [6.45, 7) is 3.96. The Morgan fingerprint density at radius 2 is 1.70 bits per heavy atom. The van der Waals surface area contributed by atoms with E-state index in [2.05, 4.69) is 10.5 Å². The van der Waals surface area contributed by atoms with Gasteiger partial charge in [0.15, 0.2) is 11.5 Å². The average molecular weight is 314 g/mol. The Balaban J connectivity index is 2.03. The maximum atomic E-state index is 5.69. The molecule has 0 atom stereocenters. The van der Waals surface area contributed by atoms with Crippen molar-refractivity contribution >= 4 is 11.9 Å². The van der Waals surface area contributed by atoms with E-state index in [1.165, 1.54) is 0 Å². The largest absolute Gasteiger partial charge is 0.497 e. The summed E-state index contributed by atoms with van der Waals surface area (Å²) >= 11 is 0. The normalized spacial score (nSPS) is 10.8. The molecule has 0 fully saturated rings. The molecule has 5 heteroatoms. The molecule has 2 rings (SSSR count). The summed E-state index contributed by atoms with van der Waals surface area (Å²) in [6, 6.07) is 13.2. The lowest BCUT2D eigenvalue weighted by molar-refractivity contribution is 0.230. The van der Waals surface area contributed by atoms with Crippen LogP contribution >= 0.6 is 0 Å². The van der Waals surface area contributed by atoms with E-state index in [4.69, 9.17) is 14.2 Å². The molecule has 122 valence electrons. The summed E-state index contributed by atoms with van der Waals surface area (Å²) in [7, 11) is 3.26. The molecule has 0 unspecified atom stereocenters. The monoisotopic (exact) mass is 314 g/mol. The SMILES string of the molecule is COc1ccc(N/N=C/c2ccc(OC(C)C)c(OC)c2)cc1. The van der Waals surface area contributed by atoms with E-state index < -0.39 is 0 Å². The van der Waals surface area contributed by atoms with Crippen LogP contribution in [0, 0.1) is 0 Å². The molecule has 2 aromatic rings. The first kappa shape index (κ1) is 16.7. The Kier molecular flexibility index (Phi) is 5.86. The molecule has 0 aromatic heterocycles. The molecule has 23 heavy (non-hydrogen) atoms. The van der Waals surface area contributed by atoms with Crippen molar-refractivity contribution < 1.29 is 14.2 Å². The predicted octanol–water partition coefficient (Wildman–Crippen LogP) is 3.94. The van der Waals surface area contributed by atoms with Gasteiger partial charge in [-0.15, -0.1) is 0 Å². The van der Waals surface area contributed by atoms with Crippen molar-refractivity contribution in [3.8, 4) is 17.2 Å². The third kappa shape index (κ3) is 4.92. The van der Waals surface area contributed by atoms with Gasteiger partial charge >= 0.3 is 0 Å². The van der Waals surface area contributed by atoms with Crippen LogP contribution in [-0.4, -0.2) is 26.5 Å². The predicted molar refractivity (Wildman–Crippen MR) is 93.0 cm³/mol. The Hall–Kier alpha value is -2.69. The third-order valence-electron chi connectivity index (χ3n) is 3.05. The lowest BCUT2D eigenvalue weighted by Crippen LogP contribution is -2.06.